The van der Waals surface area contributed by atoms with Gasteiger partial charge in [-0.3, -0.25) is 9.59 Å². The summed E-state index contributed by atoms with van der Waals surface area (Å²) in [6, 6.07) is 11.5. The molecule has 0 atom stereocenters. The Kier molecular flexibility index (Phi) is 7.17. The van der Waals surface area contributed by atoms with Crippen LogP contribution in [0.15, 0.2) is 74.8 Å². The second-order valence-corrected chi connectivity index (χ2v) is 9.35. The zero-order chi connectivity index (χ0) is 26.6. The topological polar surface area (TPSA) is 120 Å². The Bertz CT molecular complexity index is 1590. The molecule has 0 unspecified atom stereocenters. The van der Waals surface area contributed by atoms with E-state index in [0.717, 1.165) is 34.9 Å². The number of hydrogen-bond donors (Lipinski definition) is 1. The van der Waals surface area contributed by atoms with E-state index in [4.69, 9.17) is 10.2 Å². The number of carbonyl (C=O) groups excluding carboxylic acids is 1. The van der Waals surface area contributed by atoms with Crippen LogP contribution in [0.5, 0.6) is 0 Å². The highest BCUT2D eigenvalue weighted by Crippen LogP contribution is 2.33. The maximum atomic E-state index is 13.2. The Hall–Kier alpha value is -4.53. The number of carbonyl (C=O) groups is 1. The molecule has 0 aliphatic carbocycles. The van der Waals surface area contributed by atoms with Crippen LogP contribution in [0.3, 0.4) is 0 Å². The van der Waals surface area contributed by atoms with Gasteiger partial charge in [-0.25, -0.2) is 14.7 Å². The number of amides is 1. The summed E-state index contributed by atoms with van der Waals surface area (Å²) in [4.78, 5) is 36.8. The minimum Gasteiger partial charge on any atom is -0.447 e. The molecule has 38 heavy (non-hydrogen) atoms. The van der Waals surface area contributed by atoms with E-state index in [1.165, 1.54) is 17.1 Å². The molecular formula is C29H30N6O3. The fourth-order valence-electron chi connectivity index (χ4n) is 4.70. The molecule has 9 heteroatoms. The van der Waals surface area contributed by atoms with Crippen LogP contribution < -0.4 is 11.3 Å². The van der Waals surface area contributed by atoms with Crippen molar-refractivity contribution in [3.8, 4) is 11.1 Å². The van der Waals surface area contributed by atoms with Gasteiger partial charge in [-0.05, 0) is 48.2 Å². The summed E-state index contributed by atoms with van der Waals surface area (Å²) < 4.78 is 6.58. The predicted octanol–water partition coefficient (Wildman–Crippen LogP) is 4.52. The van der Waals surface area contributed by atoms with Crippen LogP contribution in [0.2, 0.25) is 0 Å². The van der Waals surface area contributed by atoms with Crippen molar-refractivity contribution in [2.45, 2.75) is 39.7 Å². The van der Waals surface area contributed by atoms with E-state index in [1.54, 1.807) is 12.3 Å². The van der Waals surface area contributed by atoms with E-state index in [2.05, 4.69) is 28.9 Å². The van der Waals surface area contributed by atoms with Gasteiger partial charge in [0.15, 0.2) is 0 Å². The molecule has 0 saturated heterocycles. The second kappa shape index (κ2) is 10.8. The zero-order valence-corrected chi connectivity index (χ0v) is 21.6. The molecule has 5 rings (SSSR count). The van der Waals surface area contributed by atoms with E-state index in [-0.39, 0.29) is 18.0 Å². The molecule has 0 spiro atoms. The van der Waals surface area contributed by atoms with Gasteiger partial charge in [0.1, 0.15) is 18.6 Å². The molecular weight excluding hydrogens is 480 g/mol. The van der Waals surface area contributed by atoms with E-state index in [1.807, 2.05) is 41.3 Å². The highest BCUT2D eigenvalue weighted by Gasteiger charge is 2.21. The Balaban J connectivity index is 1.46. The molecule has 9 nitrogen and oxygen atoms in total. The van der Waals surface area contributed by atoms with Crippen LogP contribution >= 0.6 is 0 Å². The van der Waals surface area contributed by atoms with Crippen molar-refractivity contribution < 1.29 is 9.21 Å². The molecule has 2 aromatic heterocycles. The van der Waals surface area contributed by atoms with Gasteiger partial charge in [0, 0.05) is 36.0 Å². The summed E-state index contributed by atoms with van der Waals surface area (Å²) in [5.74, 6) is 0.838. The molecule has 1 aliphatic rings. The van der Waals surface area contributed by atoms with Crippen molar-refractivity contribution in [3.05, 3.63) is 82.4 Å². The SMILES string of the molecule is CCCN(CCC)C(=O)C1=Cc2ccc(-c3ccc4c(=O)n(Cc5ncco5)ncc4c3)cc2N=C(N)C1. The lowest BCUT2D eigenvalue weighted by Gasteiger charge is -2.22. The van der Waals surface area contributed by atoms with Crippen molar-refractivity contribution >= 4 is 34.3 Å². The van der Waals surface area contributed by atoms with Crippen molar-refractivity contribution in [3.63, 3.8) is 0 Å². The summed E-state index contributed by atoms with van der Waals surface area (Å²) >= 11 is 0. The maximum absolute atomic E-state index is 13.2. The number of nitrogens with two attached hydrogens (primary N) is 1. The third-order valence-electron chi connectivity index (χ3n) is 6.50. The number of oxazole rings is 1. The summed E-state index contributed by atoms with van der Waals surface area (Å²) in [6.45, 7) is 5.74. The van der Waals surface area contributed by atoms with Gasteiger partial charge in [-0.15, -0.1) is 0 Å². The Morgan fingerprint density at radius 2 is 1.87 bits per heavy atom. The average molecular weight is 511 g/mol. The lowest BCUT2D eigenvalue weighted by molar-refractivity contribution is -0.127. The number of hydrogen-bond acceptors (Lipinski definition) is 7. The second-order valence-electron chi connectivity index (χ2n) is 9.35. The van der Waals surface area contributed by atoms with E-state index < -0.39 is 0 Å². The monoisotopic (exact) mass is 510 g/mol. The van der Waals surface area contributed by atoms with Crippen LogP contribution in [0.25, 0.3) is 28.0 Å². The van der Waals surface area contributed by atoms with Gasteiger partial charge in [0.05, 0.1) is 23.5 Å². The first-order valence-corrected chi connectivity index (χ1v) is 12.8. The smallest absolute Gasteiger partial charge is 0.275 e. The maximum Gasteiger partial charge on any atom is 0.275 e. The van der Waals surface area contributed by atoms with Crippen LogP contribution in [-0.2, 0) is 11.3 Å². The van der Waals surface area contributed by atoms with Crippen LogP contribution in [-0.4, -0.2) is 44.5 Å². The molecule has 3 heterocycles. The number of aliphatic imine (C=N–C) groups is 1. The van der Waals surface area contributed by atoms with Gasteiger partial charge in [-0.1, -0.05) is 32.0 Å². The quantitative estimate of drug-likeness (QED) is 0.372. The highest BCUT2D eigenvalue weighted by molar-refractivity contribution is 6.05. The van der Waals surface area contributed by atoms with Crippen LogP contribution in [0.4, 0.5) is 5.69 Å². The van der Waals surface area contributed by atoms with Gasteiger partial charge in [-0.2, -0.15) is 5.10 Å². The molecule has 2 aromatic carbocycles. The van der Waals surface area contributed by atoms with E-state index >= 15 is 0 Å². The summed E-state index contributed by atoms with van der Waals surface area (Å²) in [6.07, 6.45) is 8.69. The zero-order valence-electron chi connectivity index (χ0n) is 21.6. The summed E-state index contributed by atoms with van der Waals surface area (Å²) in [7, 11) is 0. The minimum atomic E-state index is -0.214. The molecule has 0 radical (unpaired) electrons. The first-order valence-electron chi connectivity index (χ1n) is 12.8. The van der Waals surface area contributed by atoms with Gasteiger partial charge < -0.3 is 15.1 Å². The van der Waals surface area contributed by atoms with Crippen molar-refractivity contribution in [1.29, 1.82) is 0 Å². The number of rotatable bonds is 8. The lowest BCUT2D eigenvalue weighted by atomic mass is 9.99. The largest absolute Gasteiger partial charge is 0.447 e. The molecule has 0 saturated carbocycles. The lowest BCUT2D eigenvalue weighted by Crippen LogP contribution is -2.34. The first-order chi connectivity index (χ1) is 18.5. The molecule has 0 bridgehead atoms. The predicted molar refractivity (Wildman–Crippen MR) is 148 cm³/mol. The molecule has 194 valence electrons. The fourth-order valence-corrected chi connectivity index (χ4v) is 4.70. The Labute approximate surface area is 220 Å². The molecule has 2 N–H and O–H groups in total. The summed E-state index contributed by atoms with van der Waals surface area (Å²) in [5, 5.41) is 5.58. The molecule has 1 aliphatic heterocycles. The van der Waals surface area contributed by atoms with Crippen LogP contribution in [0.1, 0.15) is 44.6 Å². The molecule has 1 amide bonds. The average Bonchev–Trinajstić information content (AvgIpc) is 3.37. The van der Waals surface area contributed by atoms with Gasteiger partial charge in [0.2, 0.25) is 11.8 Å². The number of fused-ring (bicyclic) bond motifs is 2. The number of benzene rings is 2. The van der Waals surface area contributed by atoms with E-state index in [0.29, 0.717) is 47.9 Å². The number of amidine groups is 1. The third-order valence-corrected chi connectivity index (χ3v) is 6.50. The highest BCUT2D eigenvalue weighted by atomic mass is 16.3. The van der Waals surface area contributed by atoms with Crippen molar-refractivity contribution in [2.75, 3.05) is 13.1 Å². The molecule has 0 fully saturated rings. The Morgan fingerprint density at radius 3 is 2.61 bits per heavy atom. The fraction of sp³-hybridized carbons (Fsp3) is 0.276. The van der Waals surface area contributed by atoms with E-state index in [9.17, 15) is 9.59 Å². The normalized spacial score (nSPS) is 13.0. The van der Waals surface area contributed by atoms with Crippen LogP contribution in [0, 0.1) is 0 Å². The summed E-state index contributed by atoms with van der Waals surface area (Å²) in [5.41, 5.74) is 10.1. The van der Waals surface area contributed by atoms with Gasteiger partial charge >= 0.3 is 0 Å². The first kappa shape index (κ1) is 25.1. The molecule has 4 aromatic rings. The van der Waals surface area contributed by atoms with Gasteiger partial charge in [0.25, 0.3) is 5.56 Å². The van der Waals surface area contributed by atoms with Crippen molar-refractivity contribution in [1.82, 2.24) is 19.7 Å². The number of aromatic nitrogens is 3. The van der Waals surface area contributed by atoms with Crippen molar-refractivity contribution in [2.24, 2.45) is 10.7 Å². The minimum absolute atomic E-state index is 0.0132. The number of nitrogens with zero attached hydrogens (tertiary/aromatic N) is 5. The Morgan fingerprint density at radius 1 is 1.11 bits per heavy atom. The third kappa shape index (κ3) is 5.13. The standard InChI is InChI=1S/C29H30N6O3/c1-3-10-34(11-4-2)28(36)22-14-21-6-5-20(15-25(21)33-26(30)16-22)19-7-8-24-23(13-19)17-32-35(29(24)37)18-27-31-9-12-38-27/h5-9,12-15,17H,3-4,10-11,16,18H2,1-2H3,(H2,30,33).